The molecule has 10 nitrogen and oxygen atoms in total. The molecular formula is C24H25N7O3. The molecule has 1 unspecified atom stereocenters. The number of amides is 1. The number of ether oxygens (including phenoxy) is 2. The van der Waals surface area contributed by atoms with Crippen LogP contribution in [0.15, 0.2) is 43.2 Å². The van der Waals surface area contributed by atoms with Gasteiger partial charge in [-0.05, 0) is 25.3 Å². The van der Waals surface area contributed by atoms with Gasteiger partial charge in [0.15, 0.2) is 5.65 Å². The highest BCUT2D eigenvalue weighted by atomic mass is 16.5. The van der Waals surface area contributed by atoms with Gasteiger partial charge in [0.05, 0.1) is 42.8 Å². The van der Waals surface area contributed by atoms with Crippen molar-refractivity contribution in [3.05, 3.63) is 48.8 Å². The van der Waals surface area contributed by atoms with Crippen LogP contribution < -0.4 is 10.1 Å². The summed E-state index contributed by atoms with van der Waals surface area (Å²) in [5.74, 6) is 0.322. The van der Waals surface area contributed by atoms with Gasteiger partial charge in [0, 0.05) is 54.9 Å². The molecule has 6 rings (SSSR count). The standard InChI is InChI=1S/C24H25N7O3/c1-25-23(32)16-7-15(8-26-9-16)20-11-28-31-13-21(17-10-27-30(12-17)18-3-2-4-18)24(29-22(20)31)34-19-5-6-33-14-19/h7-13,18-19H,2-6,14H2,1H3,(H,25,32). The van der Waals surface area contributed by atoms with Crippen LogP contribution >= 0.6 is 0 Å². The quantitative estimate of drug-likeness (QED) is 0.472. The molecule has 1 aliphatic heterocycles. The van der Waals surface area contributed by atoms with E-state index < -0.39 is 0 Å². The molecule has 1 N–H and O–H groups in total. The van der Waals surface area contributed by atoms with E-state index >= 15 is 0 Å². The van der Waals surface area contributed by atoms with Crippen molar-refractivity contribution in [2.75, 3.05) is 20.3 Å². The number of hydrogen-bond acceptors (Lipinski definition) is 7. The fraction of sp³-hybridized carbons (Fsp3) is 0.375. The van der Waals surface area contributed by atoms with Crippen molar-refractivity contribution in [3.63, 3.8) is 0 Å². The number of nitrogens with one attached hydrogen (secondary N) is 1. The molecule has 1 saturated heterocycles. The highest BCUT2D eigenvalue weighted by Gasteiger charge is 2.25. The summed E-state index contributed by atoms with van der Waals surface area (Å²) in [5.41, 5.74) is 4.39. The maximum Gasteiger partial charge on any atom is 0.252 e. The molecule has 1 saturated carbocycles. The van der Waals surface area contributed by atoms with Crippen LogP contribution in [0.3, 0.4) is 0 Å². The number of aromatic nitrogens is 6. The molecule has 4 aromatic rings. The Kier molecular flexibility index (Phi) is 5.21. The minimum Gasteiger partial charge on any atom is -0.471 e. The second-order valence-electron chi connectivity index (χ2n) is 8.72. The highest BCUT2D eigenvalue weighted by molar-refractivity contribution is 5.95. The van der Waals surface area contributed by atoms with Gasteiger partial charge in [0.1, 0.15) is 6.10 Å². The Morgan fingerprint density at radius 3 is 2.76 bits per heavy atom. The Bertz CT molecular complexity index is 1350. The largest absolute Gasteiger partial charge is 0.471 e. The van der Waals surface area contributed by atoms with Gasteiger partial charge in [-0.3, -0.25) is 14.5 Å². The minimum atomic E-state index is -0.199. The first-order valence-corrected chi connectivity index (χ1v) is 11.5. The van der Waals surface area contributed by atoms with E-state index in [1.807, 2.05) is 17.1 Å². The lowest BCUT2D eigenvalue weighted by Crippen LogP contribution is -2.18. The van der Waals surface area contributed by atoms with Gasteiger partial charge in [-0.15, -0.1) is 0 Å². The summed E-state index contributed by atoms with van der Waals surface area (Å²) in [5, 5.41) is 11.8. The van der Waals surface area contributed by atoms with Crippen LogP contribution in [0, 0.1) is 0 Å². The van der Waals surface area contributed by atoms with Crippen LogP contribution in [0.2, 0.25) is 0 Å². The lowest BCUT2D eigenvalue weighted by Gasteiger charge is -2.25. The molecule has 0 bridgehead atoms. The summed E-state index contributed by atoms with van der Waals surface area (Å²) in [7, 11) is 1.59. The third kappa shape index (κ3) is 3.69. The number of carbonyl (C=O) groups excluding carboxylic acids is 1. The first-order chi connectivity index (χ1) is 16.7. The van der Waals surface area contributed by atoms with E-state index in [-0.39, 0.29) is 12.0 Å². The smallest absolute Gasteiger partial charge is 0.252 e. The molecule has 5 heterocycles. The van der Waals surface area contributed by atoms with Gasteiger partial charge >= 0.3 is 0 Å². The minimum absolute atomic E-state index is 0.0556. The second kappa shape index (κ2) is 8.53. The summed E-state index contributed by atoms with van der Waals surface area (Å²) < 4.78 is 15.6. The molecule has 4 aromatic heterocycles. The summed E-state index contributed by atoms with van der Waals surface area (Å²) in [6, 6.07) is 2.25. The number of carbonyl (C=O) groups is 1. The van der Waals surface area contributed by atoms with E-state index in [0.29, 0.717) is 36.3 Å². The van der Waals surface area contributed by atoms with E-state index in [0.717, 1.165) is 41.5 Å². The normalized spacial score (nSPS) is 18.2. The molecule has 34 heavy (non-hydrogen) atoms. The van der Waals surface area contributed by atoms with E-state index in [4.69, 9.17) is 14.5 Å². The van der Waals surface area contributed by atoms with Gasteiger partial charge in [-0.2, -0.15) is 15.2 Å². The zero-order valence-electron chi connectivity index (χ0n) is 18.8. The number of hydrogen-bond donors (Lipinski definition) is 1. The van der Waals surface area contributed by atoms with Gasteiger partial charge in [0.25, 0.3) is 5.91 Å². The zero-order chi connectivity index (χ0) is 23.1. The van der Waals surface area contributed by atoms with E-state index in [1.54, 1.807) is 30.0 Å². The molecular weight excluding hydrogens is 434 g/mol. The van der Waals surface area contributed by atoms with E-state index in [1.165, 1.54) is 12.6 Å². The van der Waals surface area contributed by atoms with Crippen LogP contribution in [-0.2, 0) is 4.74 Å². The summed E-state index contributed by atoms with van der Waals surface area (Å²) in [6.45, 7) is 1.22. The molecule has 2 aliphatic rings. The molecule has 1 aliphatic carbocycles. The SMILES string of the molecule is CNC(=O)c1cncc(-c2cnn3cc(-c4cnn(C5CCC5)c4)c(OC4CCOC4)nc23)c1. The monoisotopic (exact) mass is 459 g/mol. The number of fused-ring (bicyclic) bond motifs is 1. The number of nitrogens with zero attached hydrogens (tertiary/aromatic N) is 6. The highest BCUT2D eigenvalue weighted by Crippen LogP contribution is 2.36. The van der Waals surface area contributed by atoms with Gasteiger partial charge < -0.3 is 14.8 Å². The first-order valence-electron chi connectivity index (χ1n) is 11.5. The molecule has 10 heteroatoms. The topological polar surface area (TPSA) is 108 Å². The average Bonchev–Trinajstić information content (AvgIpc) is 3.58. The van der Waals surface area contributed by atoms with Crippen molar-refractivity contribution in [1.29, 1.82) is 0 Å². The second-order valence-corrected chi connectivity index (χ2v) is 8.72. The van der Waals surface area contributed by atoms with Gasteiger partial charge in [-0.25, -0.2) is 4.52 Å². The van der Waals surface area contributed by atoms with Crippen LogP contribution in [0.25, 0.3) is 27.9 Å². The van der Waals surface area contributed by atoms with Crippen molar-refractivity contribution in [2.24, 2.45) is 0 Å². The Hall–Kier alpha value is -3.79. The van der Waals surface area contributed by atoms with E-state index in [2.05, 4.69) is 26.7 Å². The predicted octanol–water partition coefficient (Wildman–Crippen LogP) is 2.91. The molecule has 1 atom stereocenters. The Labute approximate surface area is 195 Å². The lowest BCUT2D eigenvalue weighted by atomic mass is 9.93. The summed E-state index contributed by atoms with van der Waals surface area (Å²) >= 11 is 0. The van der Waals surface area contributed by atoms with Crippen molar-refractivity contribution in [2.45, 2.75) is 37.8 Å². The van der Waals surface area contributed by atoms with Crippen molar-refractivity contribution < 1.29 is 14.3 Å². The maximum absolute atomic E-state index is 12.1. The Balaban J connectivity index is 1.44. The van der Waals surface area contributed by atoms with Crippen molar-refractivity contribution >= 4 is 11.6 Å². The van der Waals surface area contributed by atoms with Gasteiger partial charge in [0.2, 0.25) is 5.88 Å². The van der Waals surface area contributed by atoms with Crippen LogP contribution in [0.5, 0.6) is 5.88 Å². The fourth-order valence-corrected chi connectivity index (χ4v) is 4.33. The summed E-state index contributed by atoms with van der Waals surface area (Å²) in [4.78, 5) is 21.2. The molecule has 1 amide bonds. The zero-order valence-corrected chi connectivity index (χ0v) is 18.8. The first kappa shape index (κ1) is 20.8. The Morgan fingerprint density at radius 1 is 1.09 bits per heavy atom. The van der Waals surface area contributed by atoms with Crippen LogP contribution in [-0.4, -0.2) is 61.6 Å². The van der Waals surface area contributed by atoms with E-state index in [9.17, 15) is 4.79 Å². The van der Waals surface area contributed by atoms with Gasteiger partial charge in [-0.1, -0.05) is 0 Å². The van der Waals surface area contributed by atoms with Crippen molar-refractivity contribution in [1.82, 2.24) is 34.7 Å². The Morgan fingerprint density at radius 2 is 2.00 bits per heavy atom. The molecule has 0 radical (unpaired) electrons. The predicted molar refractivity (Wildman–Crippen MR) is 124 cm³/mol. The number of rotatable bonds is 6. The number of pyridine rings is 1. The molecule has 0 aromatic carbocycles. The third-order valence-corrected chi connectivity index (χ3v) is 6.52. The van der Waals surface area contributed by atoms with Crippen LogP contribution in [0.4, 0.5) is 0 Å². The molecule has 2 fully saturated rings. The molecule has 174 valence electrons. The average molecular weight is 460 g/mol. The van der Waals surface area contributed by atoms with Crippen molar-refractivity contribution in [3.8, 4) is 28.1 Å². The third-order valence-electron chi connectivity index (χ3n) is 6.52. The maximum atomic E-state index is 12.1. The lowest BCUT2D eigenvalue weighted by molar-refractivity contribution is 0.0962. The summed E-state index contributed by atoms with van der Waals surface area (Å²) in [6.07, 6.45) is 15.1. The molecule has 0 spiro atoms. The fourth-order valence-electron chi connectivity index (χ4n) is 4.33. The van der Waals surface area contributed by atoms with Crippen LogP contribution in [0.1, 0.15) is 42.1 Å².